The fourth-order valence-corrected chi connectivity index (χ4v) is 0.0577. The fraction of sp³-hybridized carbons (Fsp3) is 0.333. The normalized spacial score (nSPS) is 7.75. The van der Waals surface area contributed by atoms with Crippen molar-refractivity contribution in [3.63, 3.8) is 0 Å². The van der Waals surface area contributed by atoms with Gasteiger partial charge in [0.2, 0.25) is 0 Å². The average Bonchev–Trinajstić information content (AvgIpc) is 2.29. The van der Waals surface area contributed by atoms with Gasteiger partial charge in [-0.15, -0.1) is 0 Å². The van der Waals surface area contributed by atoms with Crippen molar-refractivity contribution in [1.82, 2.24) is 0 Å². The lowest BCUT2D eigenvalue weighted by molar-refractivity contribution is -0.132. The van der Waals surface area contributed by atoms with E-state index in [2.05, 4.69) is 13.2 Å². The maximum absolute atomic E-state index is 9.25. The van der Waals surface area contributed by atoms with Crippen molar-refractivity contribution in [3.8, 4) is 0 Å². The molecule has 0 unspecified atom stereocenters. The number of aliphatic carboxylic acids is 2. The summed E-state index contributed by atoms with van der Waals surface area (Å²) in [4.78, 5) is 18.5. The van der Waals surface area contributed by atoms with Gasteiger partial charge in [-0.1, -0.05) is 13.2 Å². The molecule has 0 aliphatic carbocycles. The summed E-state index contributed by atoms with van der Waals surface area (Å²) >= 11 is 0. The standard InChI is InChI=1S/C3H8O3.2C3H4O2/c4-1-3(6)2-5;2*1-2-3(4)5/h3-6H,1-2H2;2*2H,1H2,(H,4,5). The van der Waals surface area contributed by atoms with Gasteiger partial charge >= 0.3 is 11.9 Å². The summed E-state index contributed by atoms with van der Waals surface area (Å²) < 4.78 is 0. The molecule has 0 saturated carbocycles. The van der Waals surface area contributed by atoms with Gasteiger partial charge in [0.1, 0.15) is 6.10 Å². The van der Waals surface area contributed by atoms with Crippen LogP contribution in [0.25, 0.3) is 0 Å². The predicted octanol–water partition coefficient (Wildman–Crippen LogP) is -1.15. The second-order valence-electron chi connectivity index (χ2n) is 2.10. The SMILES string of the molecule is C=CC(=O)O.C=CC(=O)O.OCC(O)CO. The molecule has 0 atom stereocenters. The number of carboxylic acids is 2. The van der Waals surface area contributed by atoms with Gasteiger partial charge in [0.15, 0.2) is 0 Å². The lowest BCUT2D eigenvalue weighted by Gasteiger charge is -1.96. The summed E-state index contributed by atoms with van der Waals surface area (Å²) in [6.07, 6.45) is 0.713. The molecular formula is C9H16O7. The van der Waals surface area contributed by atoms with Crippen molar-refractivity contribution in [2.45, 2.75) is 6.10 Å². The Hall–Kier alpha value is -1.70. The van der Waals surface area contributed by atoms with Crippen molar-refractivity contribution in [2.24, 2.45) is 0 Å². The van der Waals surface area contributed by atoms with Crippen molar-refractivity contribution in [1.29, 1.82) is 0 Å². The maximum atomic E-state index is 9.25. The second kappa shape index (κ2) is 15.8. The molecule has 0 bridgehead atoms. The van der Waals surface area contributed by atoms with Gasteiger partial charge in [-0.2, -0.15) is 0 Å². The molecule has 16 heavy (non-hydrogen) atoms. The first-order chi connectivity index (χ1) is 7.35. The number of carbonyl (C=O) groups is 2. The number of aliphatic hydroxyl groups excluding tert-OH is 3. The summed E-state index contributed by atoms with van der Waals surface area (Å²) in [7, 11) is 0. The lowest BCUT2D eigenvalue weighted by atomic mass is 10.4. The number of aliphatic hydroxyl groups is 3. The molecule has 0 aliphatic heterocycles. The first-order valence-electron chi connectivity index (χ1n) is 3.96. The molecule has 94 valence electrons. The van der Waals surface area contributed by atoms with Crippen LogP contribution >= 0.6 is 0 Å². The van der Waals surface area contributed by atoms with Gasteiger partial charge < -0.3 is 25.5 Å². The van der Waals surface area contributed by atoms with E-state index in [4.69, 9.17) is 25.5 Å². The van der Waals surface area contributed by atoms with Gasteiger partial charge in [0.05, 0.1) is 13.2 Å². The molecule has 0 aromatic heterocycles. The van der Waals surface area contributed by atoms with Crippen LogP contribution in [0.5, 0.6) is 0 Å². The first kappa shape index (κ1) is 19.8. The minimum atomic E-state index is -0.981. The van der Waals surface area contributed by atoms with E-state index in [-0.39, 0.29) is 13.2 Å². The molecular weight excluding hydrogens is 220 g/mol. The number of rotatable bonds is 4. The first-order valence-corrected chi connectivity index (χ1v) is 3.96. The monoisotopic (exact) mass is 236 g/mol. The highest BCUT2D eigenvalue weighted by molar-refractivity contribution is 5.79. The van der Waals surface area contributed by atoms with E-state index >= 15 is 0 Å². The van der Waals surface area contributed by atoms with Crippen molar-refractivity contribution in [3.05, 3.63) is 25.3 Å². The smallest absolute Gasteiger partial charge is 0.327 e. The molecule has 0 amide bonds. The summed E-state index contributed by atoms with van der Waals surface area (Å²) in [5.74, 6) is -1.96. The molecule has 7 nitrogen and oxygen atoms in total. The van der Waals surface area contributed by atoms with E-state index < -0.39 is 18.0 Å². The minimum Gasteiger partial charge on any atom is -0.478 e. The zero-order valence-electron chi connectivity index (χ0n) is 8.61. The third-order valence-electron chi connectivity index (χ3n) is 0.771. The maximum Gasteiger partial charge on any atom is 0.327 e. The highest BCUT2D eigenvalue weighted by Gasteiger charge is 1.93. The number of hydrogen-bond donors (Lipinski definition) is 5. The third-order valence-corrected chi connectivity index (χ3v) is 0.771. The van der Waals surface area contributed by atoms with Gasteiger partial charge in [0, 0.05) is 12.2 Å². The Kier molecular flexibility index (Phi) is 19.5. The Labute approximate surface area is 92.6 Å². The Morgan fingerprint density at radius 2 is 1.19 bits per heavy atom. The largest absolute Gasteiger partial charge is 0.478 e. The highest BCUT2D eigenvalue weighted by Crippen LogP contribution is 1.71. The lowest BCUT2D eigenvalue weighted by Crippen LogP contribution is -2.15. The van der Waals surface area contributed by atoms with E-state index in [0.717, 1.165) is 12.2 Å². The molecule has 0 aliphatic rings. The molecule has 0 heterocycles. The van der Waals surface area contributed by atoms with Gasteiger partial charge in [-0.05, 0) is 0 Å². The Morgan fingerprint density at radius 1 is 1.00 bits per heavy atom. The van der Waals surface area contributed by atoms with Crippen molar-refractivity contribution >= 4 is 11.9 Å². The topological polar surface area (TPSA) is 135 Å². The van der Waals surface area contributed by atoms with E-state index in [0.29, 0.717) is 0 Å². The molecule has 0 rings (SSSR count). The molecule has 0 radical (unpaired) electrons. The van der Waals surface area contributed by atoms with Crippen LogP contribution in [0, 0.1) is 0 Å². The van der Waals surface area contributed by atoms with Gasteiger partial charge in [0.25, 0.3) is 0 Å². The van der Waals surface area contributed by atoms with Crippen LogP contribution in [0.1, 0.15) is 0 Å². The van der Waals surface area contributed by atoms with E-state index in [1.54, 1.807) is 0 Å². The zero-order valence-corrected chi connectivity index (χ0v) is 8.61. The minimum absolute atomic E-state index is 0.365. The van der Waals surface area contributed by atoms with Crippen LogP contribution < -0.4 is 0 Å². The Bertz CT molecular complexity index is 190. The second-order valence-corrected chi connectivity index (χ2v) is 2.10. The summed E-state index contributed by atoms with van der Waals surface area (Å²) in [5.41, 5.74) is 0. The van der Waals surface area contributed by atoms with E-state index in [9.17, 15) is 9.59 Å². The predicted molar refractivity (Wildman–Crippen MR) is 55.8 cm³/mol. The van der Waals surface area contributed by atoms with Crippen molar-refractivity contribution < 1.29 is 35.1 Å². The summed E-state index contributed by atoms with van der Waals surface area (Å²) in [6.45, 7) is 5.19. The molecule has 5 N–H and O–H groups in total. The van der Waals surface area contributed by atoms with Gasteiger partial charge in [-0.25, -0.2) is 9.59 Å². The quantitative estimate of drug-likeness (QED) is 0.389. The van der Waals surface area contributed by atoms with Crippen LogP contribution in [-0.2, 0) is 9.59 Å². The molecule has 0 aromatic rings. The van der Waals surface area contributed by atoms with Crippen LogP contribution in [0.3, 0.4) is 0 Å². The molecule has 0 fully saturated rings. The van der Waals surface area contributed by atoms with Gasteiger partial charge in [-0.3, -0.25) is 0 Å². The molecule has 0 spiro atoms. The highest BCUT2D eigenvalue weighted by atomic mass is 16.4. The molecule has 7 heteroatoms. The average molecular weight is 236 g/mol. The van der Waals surface area contributed by atoms with E-state index in [1.165, 1.54) is 0 Å². The molecule has 0 saturated heterocycles. The third kappa shape index (κ3) is 39.6. The zero-order chi connectivity index (χ0) is 13.6. The fourth-order valence-electron chi connectivity index (χ4n) is 0.0577. The van der Waals surface area contributed by atoms with Crippen LogP contribution in [0.4, 0.5) is 0 Å². The molecule has 0 aromatic carbocycles. The van der Waals surface area contributed by atoms with Crippen LogP contribution in [0.15, 0.2) is 25.3 Å². The Balaban J connectivity index is -0.000000160. The van der Waals surface area contributed by atoms with E-state index in [1.807, 2.05) is 0 Å². The van der Waals surface area contributed by atoms with Crippen LogP contribution in [0.2, 0.25) is 0 Å². The van der Waals surface area contributed by atoms with Crippen molar-refractivity contribution in [2.75, 3.05) is 13.2 Å². The number of carboxylic acid groups (broad SMARTS) is 2. The summed E-state index contributed by atoms with van der Waals surface area (Å²) in [6, 6.07) is 0. The van der Waals surface area contributed by atoms with Crippen LogP contribution in [-0.4, -0.2) is 56.8 Å². The number of hydrogen-bond acceptors (Lipinski definition) is 5. The Morgan fingerprint density at radius 3 is 1.19 bits per heavy atom. The summed E-state index contributed by atoms with van der Waals surface area (Å²) in [5, 5.41) is 39.2.